The van der Waals surface area contributed by atoms with E-state index < -0.39 is 17.3 Å². The monoisotopic (exact) mass is 290 g/mol. The van der Waals surface area contributed by atoms with Crippen LogP contribution in [0.3, 0.4) is 0 Å². The van der Waals surface area contributed by atoms with Gasteiger partial charge in [0.05, 0.1) is 0 Å². The van der Waals surface area contributed by atoms with Gasteiger partial charge in [-0.15, -0.1) is 0 Å². The number of nitrogens with two attached hydrogens (primary N) is 2. The largest absolute Gasteiger partial charge is 0.394 e. The number of nitrogens with one attached hydrogen (secondary N) is 1. The average Bonchev–Trinajstić information content (AvgIpc) is 2.51. The summed E-state index contributed by atoms with van der Waals surface area (Å²) in [5.41, 5.74) is 12.3. The molecule has 0 spiro atoms. The molecule has 0 aliphatic heterocycles. The van der Waals surface area contributed by atoms with Crippen LogP contribution < -0.4 is 16.8 Å². The molecule has 0 aliphatic rings. The summed E-state index contributed by atoms with van der Waals surface area (Å²) >= 11 is 0. The normalized spacial score (nSPS) is 11.0. The summed E-state index contributed by atoms with van der Waals surface area (Å²) in [6, 6.07) is 4.31. The smallest absolute Gasteiger partial charge is 0.156 e. The van der Waals surface area contributed by atoms with E-state index in [1.54, 1.807) is 19.3 Å². The number of nitrogen functional groups attached to an aromatic ring is 1. The number of benzene rings is 1. The first-order valence-corrected chi connectivity index (χ1v) is 6.35. The van der Waals surface area contributed by atoms with Gasteiger partial charge in [0.25, 0.3) is 0 Å². The molecule has 0 fully saturated rings. The summed E-state index contributed by atoms with van der Waals surface area (Å²) in [7, 11) is 1.76. The molecule has 0 radical (unpaired) electrons. The zero-order chi connectivity index (χ0) is 15.4. The van der Waals surface area contributed by atoms with Gasteiger partial charge < -0.3 is 16.8 Å². The maximum absolute atomic E-state index is 13.8. The van der Waals surface area contributed by atoms with Crippen molar-refractivity contribution in [2.45, 2.75) is 6.54 Å². The van der Waals surface area contributed by atoms with E-state index in [4.69, 9.17) is 11.5 Å². The summed E-state index contributed by atoms with van der Waals surface area (Å²) < 4.78 is 26.9. The van der Waals surface area contributed by atoms with Gasteiger partial charge in [0.1, 0.15) is 17.3 Å². The zero-order valence-electron chi connectivity index (χ0n) is 11.5. The van der Waals surface area contributed by atoms with Crippen LogP contribution in [0.25, 0.3) is 12.2 Å². The minimum absolute atomic E-state index is 0.209. The molecule has 0 saturated carbocycles. The van der Waals surface area contributed by atoms with Gasteiger partial charge in [0.15, 0.2) is 5.82 Å². The lowest BCUT2D eigenvalue weighted by Crippen LogP contribution is -2.04. The highest BCUT2D eigenvalue weighted by Crippen LogP contribution is 2.21. The van der Waals surface area contributed by atoms with Crippen LogP contribution in [-0.4, -0.2) is 12.0 Å². The maximum Gasteiger partial charge on any atom is 0.156 e. The molecule has 0 unspecified atom stereocenters. The maximum atomic E-state index is 13.8. The Morgan fingerprint density at radius 1 is 1.29 bits per heavy atom. The first-order valence-electron chi connectivity index (χ1n) is 6.35. The van der Waals surface area contributed by atoms with Crippen LogP contribution in [0.1, 0.15) is 16.7 Å². The number of rotatable bonds is 4. The fourth-order valence-electron chi connectivity index (χ4n) is 1.90. The van der Waals surface area contributed by atoms with Crippen molar-refractivity contribution in [2.75, 3.05) is 18.1 Å². The van der Waals surface area contributed by atoms with E-state index in [0.717, 1.165) is 17.2 Å². The third-order valence-electron chi connectivity index (χ3n) is 3.06. The van der Waals surface area contributed by atoms with Crippen molar-refractivity contribution in [2.24, 2.45) is 5.73 Å². The van der Waals surface area contributed by atoms with Crippen molar-refractivity contribution < 1.29 is 8.78 Å². The van der Waals surface area contributed by atoms with Gasteiger partial charge >= 0.3 is 0 Å². The summed E-state index contributed by atoms with van der Waals surface area (Å²) in [5, 5.41) is 2.94. The van der Waals surface area contributed by atoms with E-state index >= 15 is 0 Å². The Morgan fingerprint density at radius 3 is 2.71 bits per heavy atom. The molecule has 6 heteroatoms. The van der Waals surface area contributed by atoms with Gasteiger partial charge in [-0.2, -0.15) is 0 Å². The molecule has 5 N–H and O–H groups in total. The number of pyridine rings is 1. The van der Waals surface area contributed by atoms with Crippen molar-refractivity contribution in [1.82, 2.24) is 4.98 Å². The van der Waals surface area contributed by atoms with E-state index in [0.29, 0.717) is 12.4 Å². The first kappa shape index (κ1) is 14.9. The van der Waals surface area contributed by atoms with E-state index in [2.05, 4.69) is 10.3 Å². The molecule has 110 valence electrons. The Bertz CT molecular complexity index is 684. The standard InChI is InChI=1S/C15H16F2N4/c1-20-15-11(7-18)6-9(8-21-15)2-3-10-4-5-12(16)14(19)13(10)17/h2-6,8H,7,18-19H2,1H3,(H,20,21). The van der Waals surface area contributed by atoms with Crippen LogP contribution in [0.15, 0.2) is 24.4 Å². The number of anilines is 2. The lowest BCUT2D eigenvalue weighted by atomic mass is 10.1. The highest BCUT2D eigenvalue weighted by Gasteiger charge is 2.08. The number of hydrogen-bond acceptors (Lipinski definition) is 4. The van der Waals surface area contributed by atoms with E-state index in [9.17, 15) is 8.78 Å². The number of nitrogens with zero attached hydrogens (tertiary/aromatic N) is 1. The topological polar surface area (TPSA) is 77.0 Å². The molecule has 1 aromatic carbocycles. The Kier molecular flexibility index (Phi) is 4.49. The molecule has 21 heavy (non-hydrogen) atoms. The first-order chi connectivity index (χ1) is 10.1. The highest BCUT2D eigenvalue weighted by molar-refractivity contribution is 5.72. The summed E-state index contributed by atoms with van der Waals surface area (Å²) in [6.07, 6.45) is 4.81. The van der Waals surface area contributed by atoms with Crippen LogP contribution in [0.5, 0.6) is 0 Å². The molecule has 1 heterocycles. The lowest BCUT2D eigenvalue weighted by Gasteiger charge is -2.07. The highest BCUT2D eigenvalue weighted by atomic mass is 19.1. The number of aromatic nitrogens is 1. The van der Waals surface area contributed by atoms with Crippen molar-refractivity contribution in [1.29, 1.82) is 0 Å². The summed E-state index contributed by atoms with van der Waals surface area (Å²) in [5.74, 6) is -0.841. The fourth-order valence-corrected chi connectivity index (χ4v) is 1.90. The predicted molar refractivity (Wildman–Crippen MR) is 81.4 cm³/mol. The molecule has 0 bridgehead atoms. The minimum atomic E-state index is -0.773. The summed E-state index contributed by atoms with van der Waals surface area (Å²) in [6.45, 7) is 0.336. The van der Waals surface area contributed by atoms with Crippen molar-refractivity contribution in [3.8, 4) is 0 Å². The van der Waals surface area contributed by atoms with Gasteiger partial charge in [0.2, 0.25) is 0 Å². The second kappa shape index (κ2) is 6.32. The molecule has 0 aliphatic carbocycles. The van der Waals surface area contributed by atoms with Gasteiger partial charge in [-0.25, -0.2) is 13.8 Å². The molecule has 1 aromatic heterocycles. The van der Waals surface area contributed by atoms with Crippen LogP contribution in [-0.2, 0) is 6.54 Å². The van der Waals surface area contributed by atoms with Gasteiger partial charge in [-0.1, -0.05) is 12.2 Å². The van der Waals surface area contributed by atoms with Crippen LogP contribution in [0.4, 0.5) is 20.3 Å². The van der Waals surface area contributed by atoms with Gasteiger partial charge in [-0.05, 0) is 23.8 Å². The molecule has 2 aromatic rings. The third-order valence-corrected chi connectivity index (χ3v) is 3.06. The predicted octanol–water partition coefficient (Wildman–Crippen LogP) is 2.61. The van der Waals surface area contributed by atoms with E-state index in [-0.39, 0.29) is 5.56 Å². The van der Waals surface area contributed by atoms with Crippen molar-refractivity contribution in [3.05, 3.63) is 52.7 Å². The minimum Gasteiger partial charge on any atom is -0.394 e. The zero-order valence-corrected chi connectivity index (χ0v) is 11.5. The van der Waals surface area contributed by atoms with Crippen LogP contribution in [0, 0.1) is 11.6 Å². The van der Waals surface area contributed by atoms with E-state index in [1.807, 2.05) is 6.07 Å². The lowest BCUT2D eigenvalue weighted by molar-refractivity contribution is 0.590. The SMILES string of the molecule is CNc1ncc(C=Cc2ccc(F)c(N)c2F)cc1CN. The Balaban J connectivity index is 2.32. The number of hydrogen-bond donors (Lipinski definition) is 3. The fraction of sp³-hybridized carbons (Fsp3) is 0.133. The molecular weight excluding hydrogens is 274 g/mol. The van der Waals surface area contributed by atoms with Gasteiger partial charge in [-0.3, -0.25) is 0 Å². The van der Waals surface area contributed by atoms with Gasteiger partial charge in [0, 0.05) is 30.9 Å². The molecule has 0 saturated heterocycles. The molecular formula is C15H16F2N4. The van der Waals surface area contributed by atoms with Crippen molar-refractivity contribution in [3.63, 3.8) is 0 Å². The average molecular weight is 290 g/mol. The molecule has 0 amide bonds. The second-order valence-electron chi connectivity index (χ2n) is 4.43. The second-order valence-corrected chi connectivity index (χ2v) is 4.43. The van der Waals surface area contributed by atoms with Crippen molar-refractivity contribution >= 4 is 23.7 Å². The Hall–Kier alpha value is -2.47. The Morgan fingerprint density at radius 2 is 2.05 bits per heavy atom. The third kappa shape index (κ3) is 3.17. The Labute approximate surface area is 121 Å². The number of halogens is 2. The van der Waals surface area contributed by atoms with Crippen LogP contribution in [0.2, 0.25) is 0 Å². The van der Waals surface area contributed by atoms with E-state index in [1.165, 1.54) is 12.1 Å². The molecule has 0 atom stereocenters. The van der Waals surface area contributed by atoms with Crippen LogP contribution >= 0.6 is 0 Å². The quantitative estimate of drug-likeness (QED) is 0.756. The molecule has 2 rings (SSSR count). The molecule has 4 nitrogen and oxygen atoms in total. The summed E-state index contributed by atoms with van der Waals surface area (Å²) in [4.78, 5) is 4.21.